The molecule has 1 aromatic rings. The number of methoxy groups -OCH3 is 2. The highest BCUT2D eigenvalue weighted by Crippen LogP contribution is 2.36. The molecule has 0 radical (unpaired) electrons. The zero-order valence-corrected chi connectivity index (χ0v) is 10.4. The molecule has 4 nitrogen and oxygen atoms in total. The lowest BCUT2D eigenvalue weighted by Gasteiger charge is -2.29. The van der Waals surface area contributed by atoms with E-state index in [4.69, 9.17) is 14.6 Å². The Kier molecular flexibility index (Phi) is 3.86. The Balaban J connectivity index is 2.29. The Morgan fingerprint density at radius 2 is 2.12 bits per heavy atom. The molecule has 1 aliphatic heterocycles. The van der Waals surface area contributed by atoms with Crippen molar-refractivity contribution in [3.63, 3.8) is 0 Å². The van der Waals surface area contributed by atoms with Gasteiger partial charge in [-0.15, -0.1) is 0 Å². The van der Waals surface area contributed by atoms with Gasteiger partial charge in [0.15, 0.2) is 11.5 Å². The van der Waals surface area contributed by atoms with Crippen LogP contribution in [0.4, 0.5) is 0 Å². The summed E-state index contributed by atoms with van der Waals surface area (Å²) < 4.78 is 10.7. The molecule has 0 aromatic heterocycles. The fourth-order valence-corrected chi connectivity index (χ4v) is 2.38. The Bertz CT molecular complexity index is 392. The smallest absolute Gasteiger partial charge is 0.164 e. The molecule has 1 aromatic carbocycles. The van der Waals surface area contributed by atoms with E-state index in [-0.39, 0.29) is 6.61 Å². The minimum atomic E-state index is 0.211. The topological polar surface area (TPSA) is 41.9 Å². The van der Waals surface area contributed by atoms with Crippen molar-refractivity contribution in [3.05, 3.63) is 23.3 Å². The van der Waals surface area contributed by atoms with Gasteiger partial charge in [0.05, 0.1) is 20.8 Å². The van der Waals surface area contributed by atoms with Crippen molar-refractivity contribution >= 4 is 0 Å². The van der Waals surface area contributed by atoms with Crippen LogP contribution in [0, 0.1) is 0 Å². The van der Waals surface area contributed by atoms with Crippen LogP contribution >= 0.6 is 0 Å². The molecule has 0 saturated heterocycles. The number of hydrogen-bond donors (Lipinski definition) is 1. The second kappa shape index (κ2) is 5.38. The van der Waals surface area contributed by atoms with Crippen molar-refractivity contribution in [2.24, 2.45) is 0 Å². The molecular formula is C13H19NO3. The average Bonchev–Trinajstić information content (AvgIpc) is 2.37. The molecule has 0 unspecified atom stereocenters. The molecule has 0 atom stereocenters. The van der Waals surface area contributed by atoms with Crippen molar-refractivity contribution in [2.45, 2.75) is 13.0 Å². The molecule has 0 saturated carbocycles. The van der Waals surface area contributed by atoms with Crippen molar-refractivity contribution in [1.82, 2.24) is 4.90 Å². The lowest BCUT2D eigenvalue weighted by atomic mass is 9.98. The monoisotopic (exact) mass is 237 g/mol. The first-order chi connectivity index (χ1) is 8.30. The third-order valence-electron chi connectivity index (χ3n) is 3.23. The predicted molar refractivity (Wildman–Crippen MR) is 65.6 cm³/mol. The van der Waals surface area contributed by atoms with Gasteiger partial charge in [-0.05, 0) is 18.1 Å². The normalized spacial score (nSPS) is 15.5. The quantitative estimate of drug-likeness (QED) is 0.850. The molecule has 2 rings (SSSR count). The summed E-state index contributed by atoms with van der Waals surface area (Å²) >= 11 is 0. The number of nitrogens with zero attached hydrogens (tertiary/aromatic N) is 1. The van der Waals surface area contributed by atoms with Gasteiger partial charge in [-0.2, -0.15) is 0 Å². The number of rotatable bonds is 4. The van der Waals surface area contributed by atoms with Crippen LogP contribution in [-0.4, -0.2) is 43.9 Å². The van der Waals surface area contributed by atoms with E-state index in [0.717, 1.165) is 37.6 Å². The highest BCUT2D eigenvalue weighted by Gasteiger charge is 2.21. The molecule has 17 heavy (non-hydrogen) atoms. The SMILES string of the molecule is COc1ccc2c(c1OC)CCN(CCO)C2. The third kappa shape index (κ3) is 2.37. The largest absolute Gasteiger partial charge is 0.493 e. The minimum absolute atomic E-state index is 0.211. The zero-order chi connectivity index (χ0) is 12.3. The van der Waals surface area contributed by atoms with Crippen LogP contribution in [-0.2, 0) is 13.0 Å². The molecule has 0 spiro atoms. The predicted octanol–water partition coefficient (Wildman–Crippen LogP) is 1.05. The van der Waals surface area contributed by atoms with Crippen molar-refractivity contribution < 1.29 is 14.6 Å². The van der Waals surface area contributed by atoms with Gasteiger partial charge in [-0.1, -0.05) is 6.07 Å². The van der Waals surface area contributed by atoms with Gasteiger partial charge in [-0.25, -0.2) is 0 Å². The number of benzene rings is 1. The number of β-amino-alcohol motifs (C(OH)–C–C–N with tert-alkyl or cyclic N) is 1. The van der Waals surface area contributed by atoms with Gasteiger partial charge in [0.25, 0.3) is 0 Å². The van der Waals surface area contributed by atoms with Crippen LogP contribution < -0.4 is 9.47 Å². The van der Waals surface area contributed by atoms with Gasteiger partial charge in [0.1, 0.15) is 0 Å². The summed E-state index contributed by atoms with van der Waals surface area (Å²) in [6.45, 7) is 2.77. The second-order valence-electron chi connectivity index (χ2n) is 4.19. The van der Waals surface area contributed by atoms with E-state index in [1.807, 2.05) is 6.07 Å². The number of hydrogen-bond acceptors (Lipinski definition) is 4. The minimum Gasteiger partial charge on any atom is -0.493 e. The standard InChI is InChI=1S/C13H19NO3/c1-16-12-4-3-10-9-14(7-8-15)6-5-11(10)13(12)17-2/h3-4,15H,5-9H2,1-2H3. The highest BCUT2D eigenvalue weighted by atomic mass is 16.5. The summed E-state index contributed by atoms with van der Waals surface area (Å²) in [5.74, 6) is 1.65. The lowest BCUT2D eigenvalue weighted by Crippen LogP contribution is -2.33. The van der Waals surface area contributed by atoms with Crippen LogP contribution in [0.2, 0.25) is 0 Å². The highest BCUT2D eigenvalue weighted by molar-refractivity contribution is 5.51. The summed E-state index contributed by atoms with van der Waals surface area (Å²) in [6, 6.07) is 4.03. The second-order valence-corrected chi connectivity index (χ2v) is 4.19. The van der Waals surface area contributed by atoms with E-state index in [0.29, 0.717) is 0 Å². The number of ether oxygens (including phenoxy) is 2. The Morgan fingerprint density at radius 1 is 1.29 bits per heavy atom. The van der Waals surface area contributed by atoms with Crippen LogP contribution in [0.1, 0.15) is 11.1 Å². The van der Waals surface area contributed by atoms with Gasteiger partial charge in [0, 0.05) is 25.2 Å². The van der Waals surface area contributed by atoms with E-state index in [1.54, 1.807) is 14.2 Å². The first-order valence-electron chi connectivity index (χ1n) is 5.86. The van der Waals surface area contributed by atoms with E-state index in [1.165, 1.54) is 11.1 Å². The molecule has 1 heterocycles. The summed E-state index contributed by atoms with van der Waals surface area (Å²) in [5.41, 5.74) is 2.50. The maximum Gasteiger partial charge on any atom is 0.164 e. The fourth-order valence-electron chi connectivity index (χ4n) is 2.38. The van der Waals surface area contributed by atoms with Crippen LogP contribution in [0.15, 0.2) is 12.1 Å². The average molecular weight is 237 g/mol. The number of aliphatic hydroxyl groups is 1. The van der Waals surface area contributed by atoms with Crippen LogP contribution in [0.5, 0.6) is 11.5 Å². The van der Waals surface area contributed by atoms with E-state index < -0.39 is 0 Å². The molecule has 4 heteroatoms. The first kappa shape index (κ1) is 12.2. The Morgan fingerprint density at radius 3 is 2.76 bits per heavy atom. The van der Waals surface area contributed by atoms with Gasteiger partial charge < -0.3 is 14.6 Å². The van der Waals surface area contributed by atoms with E-state index in [9.17, 15) is 0 Å². The molecule has 1 N–H and O–H groups in total. The molecular weight excluding hydrogens is 218 g/mol. The van der Waals surface area contributed by atoms with E-state index in [2.05, 4.69) is 11.0 Å². The summed E-state index contributed by atoms with van der Waals surface area (Å²) in [6.07, 6.45) is 0.940. The third-order valence-corrected chi connectivity index (χ3v) is 3.23. The molecule has 0 aliphatic carbocycles. The van der Waals surface area contributed by atoms with E-state index >= 15 is 0 Å². The Hall–Kier alpha value is -1.26. The number of fused-ring (bicyclic) bond motifs is 1. The van der Waals surface area contributed by atoms with Gasteiger partial charge in [0.2, 0.25) is 0 Å². The number of aliphatic hydroxyl groups excluding tert-OH is 1. The van der Waals surface area contributed by atoms with Gasteiger partial charge >= 0.3 is 0 Å². The molecule has 0 fully saturated rings. The fraction of sp³-hybridized carbons (Fsp3) is 0.538. The summed E-state index contributed by atoms with van der Waals surface area (Å²) in [4.78, 5) is 2.24. The molecule has 1 aliphatic rings. The molecule has 0 bridgehead atoms. The maximum absolute atomic E-state index is 8.96. The van der Waals surface area contributed by atoms with Crippen LogP contribution in [0.3, 0.4) is 0 Å². The molecule has 94 valence electrons. The van der Waals surface area contributed by atoms with Crippen molar-refractivity contribution in [1.29, 1.82) is 0 Å². The Labute approximate surface area is 102 Å². The maximum atomic E-state index is 8.96. The van der Waals surface area contributed by atoms with Crippen molar-refractivity contribution in [2.75, 3.05) is 33.9 Å². The van der Waals surface area contributed by atoms with Gasteiger partial charge in [-0.3, -0.25) is 4.90 Å². The first-order valence-corrected chi connectivity index (χ1v) is 5.86. The van der Waals surface area contributed by atoms with Crippen LogP contribution in [0.25, 0.3) is 0 Å². The van der Waals surface area contributed by atoms with Crippen molar-refractivity contribution in [3.8, 4) is 11.5 Å². The summed E-state index contributed by atoms with van der Waals surface area (Å²) in [5, 5.41) is 8.96. The molecule has 0 amide bonds. The summed E-state index contributed by atoms with van der Waals surface area (Å²) in [7, 11) is 3.34. The lowest BCUT2D eigenvalue weighted by molar-refractivity contribution is 0.183. The zero-order valence-electron chi connectivity index (χ0n) is 10.4.